The van der Waals surface area contributed by atoms with Crippen LogP contribution in [0.15, 0.2) is 42.5 Å². The summed E-state index contributed by atoms with van der Waals surface area (Å²) in [6.45, 7) is 8.86. The lowest BCUT2D eigenvalue weighted by molar-refractivity contribution is -0.124. The summed E-state index contributed by atoms with van der Waals surface area (Å²) < 4.78 is 0. The van der Waals surface area contributed by atoms with Crippen LogP contribution in [0.2, 0.25) is 0 Å². The van der Waals surface area contributed by atoms with E-state index in [-0.39, 0.29) is 11.8 Å². The summed E-state index contributed by atoms with van der Waals surface area (Å²) in [6.07, 6.45) is 0. The molecule has 0 bridgehead atoms. The molecule has 1 fully saturated rings. The number of carbonyl (C=O) groups excluding carboxylic acids is 2. The lowest BCUT2D eigenvalue weighted by atomic mass is 10.0. The summed E-state index contributed by atoms with van der Waals surface area (Å²) in [5.74, 6) is -0.105. The summed E-state index contributed by atoms with van der Waals surface area (Å²) >= 11 is 0. The Morgan fingerprint density at radius 3 is 2.44 bits per heavy atom. The number of amides is 2. The van der Waals surface area contributed by atoms with Gasteiger partial charge in [-0.25, -0.2) is 0 Å². The lowest BCUT2D eigenvalue weighted by Crippen LogP contribution is -2.58. The number of nitrogens with zero attached hydrogens (tertiary/aromatic N) is 2. The SMILES string of the molecule is Cc1cccc(C(=O)N2CCN(c3cc(C)ccc3C)C(=O)[C@@H]2C)c1. The number of hydrogen-bond acceptors (Lipinski definition) is 2. The monoisotopic (exact) mass is 336 g/mol. The van der Waals surface area contributed by atoms with Crippen LogP contribution in [0.4, 0.5) is 5.69 Å². The van der Waals surface area contributed by atoms with E-state index in [0.717, 1.165) is 22.4 Å². The molecule has 4 heteroatoms. The van der Waals surface area contributed by atoms with Crippen molar-refractivity contribution in [3.63, 3.8) is 0 Å². The van der Waals surface area contributed by atoms with E-state index in [0.29, 0.717) is 18.7 Å². The molecule has 1 saturated heterocycles. The molecule has 2 amide bonds. The minimum Gasteiger partial charge on any atom is -0.325 e. The highest BCUT2D eigenvalue weighted by atomic mass is 16.2. The fourth-order valence-corrected chi connectivity index (χ4v) is 3.34. The number of anilines is 1. The average Bonchev–Trinajstić information content (AvgIpc) is 2.59. The number of piperazine rings is 1. The Bertz CT molecular complexity index is 828. The van der Waals surface area contributed by atoms with Crippen molar-refractivity contribution in [2.24, 2.45) is 0 Å². The summed E-state index contributed by atoms with van der Waals surface area (Å²) in [5, 5.41) is 0. The Morgan fingerprint density at radius 1 is 1.00 bits per heavy atom. The number of hydrogen-bond donors (Lipinski definition) is 0. The van der Waals surface area contributed by atoms with Crippen LogP contribution >= 0.6 is 0 Å². The van der Waals surface area contributed by atoms with Gasteiger partial charge >= 0.3 is 0 Å². The van der Waals surface area contributed by atoms with Crippen molar-refractivity contribution in [2.45, 2.75) is 33.7 Å². The van der Waals surface area contributed by atoms with Crippen LogP contribution in [-0.2, 0) is 4.79 Å². The Hall–Kier alpha value is -2.62. The van der Waals surface area contributed by atoms with E-state index in [1.807, 2.05) is 75.1 Å². The van der Waals surface area contributed by atoms with E-state index < -0.39 is 6.04 Å². The third-order valence-corrected chi connectivity index (χ3v) is 4.84. The van der Waals surface area contributed by atoms with Crippen molar-refractivity contribution >= 4 is 17.5 Å². The molecule has 1 aliphatic rings. The largest absolute Gasteiger partial charge is 0.325 e. The van der Waals surface area contributed by atoms with Gasteiger partial charge in [0.05, 0.1) is 0 Å². The molecule has 4 nitrogen and oxygen atoms in total. The smallest absolute Gasteiger partial charge is 0.254 e. The van der Waals surface area contributed by atoms with Crippen molar-refractivity contribution in [2.75, 3.05) is 18.0 Å². The second-order valence-electron chi connectivity index (χ2n) is 6.82. The molecule has 2 aromatic rings. The summed E-state index contributed by atoms with van der Waals surface area (Å²) in [6, 6.07) is 13.2. The Labute approximate surface area is 149 Å². The molecule has 3 rings (SSSR count). The first kappa shape index (κ1) is 17.2. The van der Waals surface area contributed by atoms with Gasteiger partial charge in [0.25, 0.3) is 5.91 Å². The average molecular weight is 336 g/mol. The summed E-state index contributed by atoms with van der Waals surface area (Å²) in [7, 11) is 0. The molecular formula is C21H24N2O2. The molecule has 1 atom stereocenters. The van der Waals surface area contributed by atoms with Gasteiger partial charge in [-0.15, -0.1) is 0 Å². The Morgan fingerprint density at radius 2 is 1.72 bits per heavy atom. The van der Waals surface area contributed by atoms with E-state index in [1.54, 1.807) is 4.90 Å². The standard InChI is InChI=1S/C21H24N2O2/c1-14-6-5-7-18(12-14)21(25)22-10-11-23(20(24)17(22)4)19-13-15(2)8-9-16(19)3/h5-9,12-13,17H,10-11H2,1-4H3/t17-/m0/s1. The zero-order valence-corrected chi connectivity index (χ0v) is 15.2. The van der Waals surface area contributed by atoms with Crippen LogP contribution in [0.25, 0.3) is 0 Å². The molecule has 25 heavy (non-hydrogen) atoms. The molecule has 1 heterocycles. The topological polar surface area (TPSA) is 40.6 Å². The van der Waals surface area contributed by atoms with Gasteiger partial charge in [-0.3, -0.25) is 9.59 Å². The van der Waals surface area contributed by atoms with Crippen LogP contribution in [0.3, 0.4) is 0 Å². The highest BCUT2D eigenvalue weighted by Gasteiger charge is 2.35. The van der Waals surface area contributed by atoms with Crippen LogP contribution < -0.4 is 4.90 Å². The molecule has 1 aliphatic heterocycles. The highest BCUT2D eigenvalue weighted by Crippen LogP contribution is 2.26. The van der Waals surface area contributed by atoms with Gasteiger partial charge in [0.1, 0.15) is 6.04 Å². The first-order chi connectivity index (χ1) is 11.9. The summed E-state index contributed by atoms with van der Waals surface area (Å²) in [5.41, 5.74) is 4.82. The van der Waals surface area contributed by atoms with Gasteiger partial charge in [0.15, 0.2) is 0 Å². The molecule has 0 N–H and O–H groups in total. The highest BCUT2D eigenvalue weighted by molar-refractivity contribution is 6.03. The van der Waals surface area contributed by atoms with Crippen LogP contribution in [0.5, 0.6) is 0 Å². The molecule has 0 unspecified atom stereocenters. The first-order valence-corrected chi connectivity index (χ1v) is 8.65. The van der Waals surface area contributed by atoms with Gasteiger partial charge in [0.2, 0.25) is 5.91 Å². The van der Waals surface area contributed by atoms with Crippen molar-refractivity contribution in [3.05, 3.63) is 64.7 Å². The minimum atomic E-state index is -0.471. The molecule has 0 saturated carbocycles. The molecule has 2 aromatic carbocycles. The first-order valence-electron chi connectivity index (χ1n) is 8.65. The number of aryl methyl sites for hydroxylation is 3. The minimum absolute atomic E-state index is 0.0269. The van der Waals surface area contributed by atoms with Crippen molar-refractivity contribution < 1.29 is 9.59 Å². The Kier molecular flexibility index (Phi) is 4.62. The van der Waals surface area contributed by atoms with Crippen molar-refractivity contribution in [1.29, 1.82) is 0 Å². The van der Waals surface area contributed by atoms with Crippen LogP contribution in [-0.4, -0.2) is 35.8 Å². The maximum atomic E-state index is 12.9. The molecule has 0 aromatic heterocycles. The van der Waals surface area contributed by atoms with Crippen LogP contribution in [0, 0.1) is 20.8 Å². The second-order valence-corrected chi connectivity index (χ2v) is 6.82. The molecule has 0 aliphatic carbocycles. The summed E-state index contributed by atoms with van der Waals surface area (Å²) in [4.78, 5) is 29.3. The van der Waals surface area contributed by atoms with Gasteiger partial charge in [-0.05, 0) is 57.0 Å². The number of rotatable bonds is 2. The van der Waals surface area contributed by atoms with Gasteiger partial charge in [0, 0.05) is 24.3 Å². The molecular weight excluding hydrogens is 312 g/mol. The second kappa shape index (κ2) is 6.71. The third-order valence-electron chi connectivity index (χ3n) is 4.84. The molecule has 0 spiro atoms. The number of benzene rings is 2. The van der Waals surface area contributed by atoms with Gasteiger partial charge in [-0.1, -0.05) is 29.8 Å². The lowest BCUT2D eigenvalue weighted by Gasteiger charge is -2.39. The quantitative estimate of drug-likeness (QED) is 0.842. The van der Waals surface area contributed by atoms with Crippen molar-refractivity contribution in [3.8, 4) is 0 Å². The maximum absolute atomic E-state index is 12.9. The maximum Gasteiger partial charge on any atom is 0.254 e. The van der Waals surface area contributed by atoms with Gasteiger partial charge in [-0.2, -0.15) is 0 Å². The van der Waals surface area contributed by atoms with E-state index in [1.165, 1.54) is 0 Å². The fourth-order valence-electron chi connectivity index (χ4n) is 3.34. The van der Waals surface area contributed by atoms with E-state index in [9.17, 15) is 9.59 Å². The Balaban J connectivity index is 1.84. The van der Waals surface area contributed by atoms with E-state index in [2.05, 4.69) is 0 Å². The predicted octanol–water partition coefficient (Wildman–Crippen LogP) is 3.49. The number of carbonyl (C=O) groups is 2. The van der Waals surface area contributed by atoms with Crippen molar-refractivity contribution in [1.82, 2.24) is 4.90 Å². The van der Waals surface area contributed by atoms with Gasteiger partial charge < -0.3 is 9.80 Å². The molecule has 130 valence electrons. The van der Waals surface area contributed by atoms with E-state index >= 15 is 0 Å². The zero-order valence-electron chi connectivity index (χ0n) is 15.2. The third kappa shape index (κ3) is 3.29. The normalized spacial score (nSPS) is 17.8. The van der Waals surface area contributed by atoms with Crippen LogP contribution in [0.1, 0.15) is 34.0 Å². The van der Waals surface area contributed by atoms with E-state index in [4.69, 9.17) is 0 Å². The predicted molar refractivity (Wildman–Crippen MR) is 99.9 cm³/mol. The fraction of sp³-hybridized carbons (Fsp3) is 0.333. The zero-order chi connectivity index (χ0) is 18.1. The molecule has 0 radical (unpaired) electrons.